The first-order valence-corrected chi connectivity index (χ1v) is 12.2. The summed E-state index contributed by atoms with van der Waals surface area (Å²) >= 11 is 0. The molecule has 4 atom stereocenters. The highest BCUT2D eigenvalue weighted by Crippen LogP contribution is 2.41. The molecule has 4 N–H and O–H groups in total. The maximum absolute atomic E-state index is 14.1. The molecule has 2 heterocycles. The van der Waals surface area contributed by atoms with Crippen LogP contribution in [0.5, 0.6) is 0 Å². The number of pyridine rings is 1. The van der Waals surface area contributed by atoms with E-state index in [2.05, 4.69) is 20.3 Å². The predicted octanol–water partition coefficient (Wildman–Crippen LogP) is 3.06. The zero-order chi connectivity index (χ0) is 26.4. The van der Waals surface area contributed by atoms with Crippen LogP contribution in [-0.2, 0) is 11.2 Å². The van der Waals surface area contributed by atoms with Gasteiger partial charge in [-0.25, -0.2) is 19.2 Å². The van der Waals surface area contributed by atoms with Crippen LogP contribution in [0, 0.1) is 11.8 Å². The molecule has 1 fully saturated rings. The summed E-state index contributed by atoms with van der Waals surface area (Å²) in [6.07, 6.45) is 1.29. The van der Waals surface area contributed by atoms with Crippen molar-refractivity contribution in [3.63, 3.8) is 0 Å². The Morgan fingerprint density at radius 1 is 1.11 bits per heavy atom. The molecule has 0 spiro atoms. The van der Waals surface area contributed by atoms with Crippen LogP contribution in [0.1, 0.15) is 48.3 Å². The summed E-state index contributed by atoms with van der Waals surface area (Å²) in [6, 6.07) is 11.3. The number of nitrogens with zero attached hydrogens (tertiary/aromatic N) is 3. The Morgan fingerprint density at radius 2 is 1.86 bits per heavy atom. The number of fused-ring (bicyclic) bond motifs is 1. The van der Waals surface area contributed by atoms with E-state index in [1.807, 2.05) is 0 Å². The second-order valence-electron chi connectivity index (χ2n) is 9.45. The predicted molar refractivity (Wildman–Crippen MR) is 130 cm³/mol. The van der Waals surface area contributed by atoms with E-state index in [1.54, 1.807) is 54.1 Å². The average Bonchev–Trinajstić information content (AvgIpc) is 2.90. The molecule has 9 nitrogen and oxygen atoms in total. The van der Waals surface area contributed by atoms with E-state index in [9.17, 15) is 28.7 Å². The Morgan fingerprint density at radius 3 is 2.57 bits per heavy atom. The molecule has 2 aromatic heterocycles. The number of amides is 2. The fraction of sp³-hybridized carbons (Fsp3) is 0.423. The number of alkyl halides is 2. The minimum absolute atomic E-state index is 0.0356. The number of para-hydroxylation sites is 2. The van der Waals surface area contributed by atoms with Crippen molar-refractivity contribution in [2.75, 3.05) is 0 Å². The Bertz CT molecular complexity index is 1230. The Labute approximate surface area is 212 Å². The molecule has 3 aromatic rings. The van der Waals surface area contributed by atoms with Crippen LogP contribution in [-0.4, -0.2) is 55.1 Å². The first kappa shape index (κ1) is 26.5. The van der Waals surface area contributed by atoms with Gasteiger partial charge in [0.2, 0.25) is 11.8 Å². The van der Waals surface area contributed by atoms with Gasteiger partial charge in [0.05, 0.1) is 29.4 Å². The smallest absolute Gasteiger partial charge is 0.271 e. The third-order valence-electron chi connectivity index (χ3n) is 6.81. The van der Waals surface area contributed by atoms with Gasteiger partial charge in [-0.3, -0.25) is 24.8 Å². The number of carbonyl (C=O) groups excluding carboxylic acids is 2. The van der Waals surface area contributed by atoms with Gasteiger partial charge in [-0.1, -0.05) is 18.2 Å². The Kier molecular flexibility index (Phi) is 8.34. The van der Waals surface area contributed by atoms with Gasteiger partial charge in [0.15, 0.2) is 0 Å². The van der Waals surface area contributed by atoms with Gasteiger partial charge in [-0.05, 0) is 49.4 Å². The molecule has 196 valence electrons. The van der Waals surface area contributed by atoms with E-state index < -0.39 is 48.1 Å². The molecular weight excluding hydrogens is 484 g/mol. The molecule has 11 heteroatoms. The largest absolute Gasteiger partial charge is 0.391 e. The summed E-state index contributed by atoms with van der Waals surface area (Å²) in [7, 11) is 0. The van der Waals surface area contributed by atoms with Crippen LogP contribution in [0.4, 0.5) is 8.78 Å². The molecule has 2 amide bonds. The van der Waals surface area contributed by atoms with Crippen LogP contribution < -0.4 is 10.8 Å². The van der Waals surface area contributed by atoms with Crippen molar-refractivity contribution in [1.82, 2.24) is 25.7 Å². The second kappa shape index (κ2) is 11.7. The van der Waals surface area contributed by atoms with Gasteiger partial charge in [-0.15, -0.1) is 0 Å². The van der Waals surface area contributed by atoms with Crippen molar-refractivity contribution >= 4 is 22.8 Å². The minimum atomic E-state index is -2.92. The maximum Gasteiger partial charge on any atom is 0.271 e. The number of aromatic nitrogens is 3. The van der Waals surface area contributed by atoms with Gasteiger partial charge in [-0.2, -0.15) is 0 Å². The number of hydroxylamine groups is 1. The molecule has 1 aliphatic rings. The second-order valence-corrected chi connectivity index (χ2v) is 9.45. The van der Waals surface area contributed by atoms with Gasteiger partial charge in [0.1, 0.15) is 5.69 Å². The standard InChI is InChI=1S/C26H29F2N5O4/c27-26(28)10-5-6-16(14-26)18(24(35)33-37)13-23(34)21(12-17-7-3-4-11-29-17)32-25(36)22-15-30-19-8-1-2-9-20(19)31-22/h1-4,7-9,11,15-16,18,21,23,34,37H,5-6,10,12-14H2,(H,32,36)(H,33,35). The van der Waals surface area contributed by atoms with Crippen LogP contribution in [0.2, 0.25) is 0 Å². The number of halogens is 2. The number of aliphatic hydroxyl groups is 1. The fourth-order valence-corrected chi connectivity index (χ4v) is 4.91. The van der Waals surface area contributed by atoms with Crippen LogP contribution in [0.25, 0.3) is 11.0 Å². The topological polar surface area (TPSA) is 137 Å². The molecule has 1 aliphatic carbocycles. The lowest BCUT2D eigenvalue weighted by Gasteiger charge is -2.35. The van der Waals surface area contributed by atoms with Gasteiger partial charge >= 0.3 is 0 Å². The molecule has 0 bridgehead atoms. The molecule has 1 aromatic carbocycles. The van der Waals surface area contributed by atoms with Crippen LogP contribution in [0.3, 0.4) is 0 Å². The highest BCUT2D eigenvalue weighted by atomic mass is 19.3. The average molecular weight is 514 g/mol. The molecule has 4 rings (SSSR count). The quantitative estimate of drug-likeness (QED) is 0.255. The van der Waals surface area contributed by atoms with E-state index in [4.69, 9.17) is 0 Å². The first-order valence-electron chi connectivity index (χ1n) is 12.2. The monoisotopic (exact) mass is 513 g/mol. The summed E-state index contributed by atoms with van der Waals surface area (Å²) < 4.78 is 28.2. The van der Waals surface area contributed by atoms with E-state index in [1.165, 1.54) is 6.20 Å². The van der Waals surface area contributed by atoms with Gasteiger partial charge < -0.3 is 10.4 Å². The molecule has 0 aliphatic heterocycles. The highest BCUT2D eigenvalue weighted by molar-refractivity contribution is 5.94. The van der Waals surface area contributed by atoms with E-state index in [0.717, 1.165) is 0 Å². The summed E-state index contributed by atoms with van der Waals surface area (Å²) in [4.78, 5) is 38.4. The lowest BCUT2D eigenvalue weighted by Crippen LogP contribution is -2.48. The minimum Gasteiger partial charge on any atom is -0.391 e. The summed E-state index contributed by atoms with van der Waals surface area (Å²) in [5.74, 6) is -6.16. The number of rotatable bonds is 9. The number of hydrogen-bond acceptors (Lipinski definition) is 7. The molecule has 0 saturated heterocycles. The SMILES string of the molecule is O=C(NC(Cc1ccccn1)C(O)CC(C(=O)NO)C1CCCC(F)(F)C1)c1cnc2ccccc2n1. The third-order valence-corrected chi connectivity index (χ3v) is 6.81. The number of hydrogen-bond donors (Lipinski definition) is 4. The molecular formula is C26H29F2N5O4. The van der Waals surface area contributed by atoms with Crippen LogP contribution in [0.15, 0.2) is 54.9 Å². The van der Waals surface area contributed by atoms with Crippen molar-refractivity contribution in [2.45, 2.75) is 56.6 Å². The third kappa shape index (κ3) is 6.80. The molecule has 4 unspecified atom stereocenters. The first-order chi connectivity index (χ1) is 17.8. The summed E-state index contributed by atoms with van der Waals surface area (Å²) in [5.41, 5.74) is 3.30. The maximum atomic E-state index is 14.1. The van der Waals surface area contributed by atoms with E-state index in [0.29, 0.717) is 23.1 Å². The Hall–Kier alpha value is -3.57. The lowest BCUT2D eigenvalue weighted by atomic mass is 9.75. The zero-order valence-electron chi connectivity index (χ0n) is 20.1. The number of nitrogens with one attached hydrogen (secondary N) is 2. The fourth-order valence-electron chi connectivity index (χ4n) is 4.91. The van der Waals surface area contributed by atoms with Crippen molar-refractivity contribution < 1.29 is 28.7 Å². The zero-order valence-corrected chi connectivity index (χ0v) is 20.1. The van der Waals surface area contributed by atoms with E-state index >= 15 is 0 Å². The van der Waals surface area contributed by atoms with Crippen molar-refractivity contribution in [2.24, 2.45) is 11.8 Å². The normalized spacial score (nSPS) is 19.5. The molecule has 1 saturated carbocycles. The number of carbonyl (C=O) groups is 2. The van der Waals surface area contributed by atoms with E-state index in [-0.39, 0.29) is 31.4 Å². The Balaban J connectivity index is 1.56. The van der Waals surface area contributed by atoms with Crippen LogP contribution >= 0.6 is 0 Å². The van der Waals surface area contributed by atoms with Crippen molar-refractivity contribution in [3.8, 4) is 0 Å². The molecule has 0 radical (unpaired) electrons. The summed E-state index contributed by atoms with van der Waals surface area (Å²) in [6.45, 7) is 0. The van der Waals surface area contributed by atoms with Crippen molar-refractivity contribution in [3.05, 3.63) is 66.2 Å². The lowest BCUT2D eigenvalue weighted by molar-refractivity contribution is -0.140. The number of benzene rings is 1. The summed E-state index contributed by atoms with van der Waals surface area (Å²) in [5, 5.41) is 23.2. The van der Waals surface area contributed by atoms with Gasteiger partial charge in [0.25, 0.3) is 5.91 Å². The molecule has 37 heavy (non-hydrogen) atoms. The van der Waals surface area contributed by atoms with Crippen molar-refractivity contribution in [1.29, 1.82) is 0 Å². The number of aliphatic hydroxyl groups excluding tert-OH is 1. The van der Waals surface area contributed by atoms with Gasteiger partial charge in [0, 0.05) is 37.1 Å². The highest BCUT2D eigenvalue weighted by Gasteiger charge is 2.42.